The summed E-state index contributed by atoms with van der Waals surface area (Å²) in [4.78, 5) is 12.5. The Balaban J connectivity index is 2.08. The van der Waals surface area contributed by atoms with E-state index in [2.05, 4.69) is 65.9 Å². The third-order valence-electron chi connectivity index (χ3n) is 5.04. The van der Waals surface area contributed by atoms with Crippen LogP contribution in [0.2, 0.25) is 0 Å². The van der Waals surface area contributed by atoms with Crippen LogP contribution in [0.25, 0.3) is 0 Å². The fourth-order valence-electron chi connectivity index (χ4n) is 3.01. The highest BCUT2D eigenvalue weighted by molar-refractivity contribution is 5.92. The van der Waals surface area contributed by atoms with E-state index < -0.39 is 0 Å². The van der Waals surface area contributed by atoms with Gasteiger partial charge in [-0.2, -0.15) is 0 Å². The molecule has 0 aromatic heterocycles. The number of carbonyl (C=O) groups is 1. The first kappa shape index (κ1) is 23.8. The molecule has 0 saturated carbocycles. The Morgan fingerprint density at radius 2 is 1.70 bits per heavy atom. The Morgan fingerprint density at radius 3 is 2.30 bits per heavy atom. The van der Waals surface area contributed by atoms with Crippen molar-refractivity contribution in [3.05, 3.63) is 53.6 Å². The summed E-state index contributed by atoms with van der Waals surface area (Å²) < 4.78 is 11.8. The van der Waals surface area contributed by atoms with Gasteiger partial charge in [0.1, 0.15) is 11.5 Å². The van der Waals surface area contributed by atoms with Crippen LogP contribution in [0.5, 0.6) is 11.5 Å². The normalized spacial score (nSPS) is 12.9. The quantitative estimate of drug-likeness (QED) is 0.567. The second kappa shape index (κ2) is 9.55. The number of benzene rings is 2. The van der Waals surface area contributed by atoms with Gasteiger partial charge in [0.15, 0.2) is 6.61 Å². The SMILES string of the molecule is CCC(C)Oc1cccc(NC(=O)COc2ccc(C(C)(C)C)cc2C(C)(C)C)c1. The lowest BCUT2D eigenvalue weighted by Gasteiger charge is -2.27. The highest BCUT2D eigenvalue weighted by Crippen LogP contribution is 2.35. The second-order valence-corrected chi connectivity index (χ2v) is 9.91. The van der Waals surface area contributed by atoms with Gasteiger partial charge in [0, 0.05) is 11.8 Å². The fraction of sp³-hybridized carbons (Fsp3) is 0.500. The first-order valence-electron chi connectivity index (χ1n) is 10.7. The molecule has 1 N–H and O–H groups in total. The van der Waals surface area contributed by atoms with Crippen molar-refractivity contribution in [2.75, 3.05) is 11.9 Å². The van der Waals surface area contributed by atoms with Crippen LogP contribution in [0.15, 0.2) is 42.5 Å². The van der Waals surface area contributed by atoms with Crippen LogP contribution in [0.1, 0.15) is 72.9 Å². The highest BCUT2D eigenvalue weighted by Gasteiger charge is 2.23. The molecule has 0 aliphatic heterocycles. The van der Waals surface area contributed by atoms with Crippen molar-refractivity contribution in [2.24, 2.45) is 0 Å². The maximum atomic E-state index is 12.5. The van der Waals surface area contributed by atoms with Crippen LogP contribution < -0.4 is 14.8 Å². The Bertz CT molecular complexity index is 859. The number of rotatable bonds is 7. The summed E-state index contributed by atoms with van der Waals surface area (Å²) in [5, 5.41) is 2.89. The molecule has 4 heteroatoms. The lowest BCUT2D eigenvalue weighted by Crippen LogP contribution is -2.22. The zero-order valence-corrected chi connectivity index (χ0v) is 19.8. The van der Waals surface area contributed by atoms with E-state index in [1.54, 1.807) is 0 Å². The van der Waals surface area contributed by atoms with Gasteiger partial charge in [-0.1, -0.05) is 66.7 Å². The standard InChI is InChI=1S/C26H37NO3/c1-9-18(2)30-21-12-10-11-20(16-21)27-24(28)17-29-23-14-13-19(25(3,4)5)15-22(23)26(6,7)8/h10-16,18H,9,17H2,1-8H3,(H,27,28). The van der Waals surface area contributed by atoms with E-state index in [0.29, 0.717) is 5.69 Å². The molecule has 1 atom stereocenters. The molecule has 30 heavy (non-hydrogen) atoms. The summed E-state index contributed by atoms with van der Waals surface area (Å²) in [5.41, 5.74) is 3.02. The Morgan fingerprint density at radius 1 is 1.00 bits per heavy atom. The lowest BCUT2D eigenvalue weighted by molar-refractivity contribution is -0.118. The third-order valence-corrected chi connectivity index (χ3v) is 5.04. The smallest absolute Gasteiger partial charge is 0.262 e. The van der Waals surface area contributed by atoms with Gasteiger partial charge in [-0.05, 0) is 53.5 Å². The topological polar surface area (TPSA) is 47.6 Å². The summed E-state index contributed by atoms with van der Waals surface area (Å²) in [6, 6.07) is 13.7. The zero-order valence-electron chi connectivity index (χ0n) is 19.8. The number of amides is 1. The first-order chi connectivity index (χ1) is 13.9. The fourth-order valence-corrected chi connectivity index (χ4v) is 3.01. The van der Waals surface area contributed by atoms with Gasteiger partial charge in [0.2, 0.25) is 0 Å². The number of hydrogen-bond acceptors (Lipinski definition) is 3. The molecular formula is C26H37NO3. The average molecular weight is 412 g/mol. The van der Waals surface area contributed by atoms with E-state index in [-0.39, 0.29) is 29.4 Å². The summed E-state index contributed by atoms with van der Waals surface area (Å²) in [5.74, 6) is 1.30. The summed E-state index contributed by atoms with van der Waals surface area (Å²) in [6.07, 6.45) is 1.06. The Labute approximate surface area is 182 Å². The predicted molar refractivity (Wildman–Crippen MR) is 125 cm³/mol. The Hall–Kier alpha value is -2.49. The average Bonchev–Trinajstić information content (AvgIpc) is 2.65. The largest absolute Gasteiger partial charge is 0.491 e. The van der Waals surface area contributed by atoms with Crippen LogP contribution in [0, 0.1) is 0 Å². The predicted octanol–water partition coefficient (Wildman–Crippen LogP) is 6.48. The molecule has 2 aromatic rings. The van der Waals surface area contributed by atoms with E-state index in [4.69, 9.17) is 9.47 Å². The van der Waals surface area contributed by atoms with Crippen molar-refractivity contribution in [3.63, 3.8) is 0 Å². The van der Waals surface area contributed by atoms with E-state index in [0.717, 1.165) is 23.5 Å². The van der Waals surface area contributed by atoms with E-state index in [1.165, 1.54) is 5.56 Å². The molecule has 164 valence electrons. The molecule has 0 heterocycles. The minimum absolute atomic E-state index is 0.0472. The monoisotopic (exact) mass is 411 g/mol. The van der Waals surface area contributed by atoms with Crippen LogP contribution in [-0.4, -0.2) is 18.6 Å². The summed E-state index contributed by atoms with van der Waals surface area (Å²) >= 11 is 0. The van der Waals surface area contributed by atoms with Gasteiger partial charge in [-0.15, -0.1) is 0 Å². The molecule has 0 radical (unpaired) electrons. The number of carbonyl (C=O) groups excluding carboxylic acids is 1. The minimum atomic E-state index is -0.199. The molecule has 0 spiro atoms. The lowest BCUT2D eigenvalue weighted by atomic mass is 9.80. The second-order valence-electron chi connectivity index (χ2n) is 9.91. The van der Waals surface area contributed by atoms with Crippen molar-refractivity contribution in [1.82, 2.24) is 0 Å². The molecule has 0 aliphatic carbocycles. The number of nitrogens with one attached hydrogen (secondary N) is 1. The van der Waals surface area contributed by atoms with Crippen molar-refractivity contribution in [2.45, 2.75) is 78.7 Å². The van der Waals surface area contributed by atoms with Crippen LogP contribution in [0.4, 0.5) is 5.69 Å². The first-order valence-corrected chi connectivity index (χ1v) is 10.7. The molecule has 0 bridgehead atoms. The molecular weight excluding hydrogens is 374 g/mol. The van der Waals surface area contributed by atoms with Gasteiger partial charge >= 0.3 is 0 Å². The van der Waals surface area contributed by atoms with Crippen molar-refractivity contribution in [1.29, 1.82) is 0 Å². The minimum Gasteiger partial charge on any atom is -0.491 e. The molecule has 2 aromatic carbocycles. The van der Waals surface area contributed by atoms with Gasteiger partial charge in [-0.25, -0.2) is 0 Å². The van der Waals surface area contributed by atoms with Crippen molar-refractivity contribution in [3.8, 4) is 11.5 Å². The van der Waals surface area contributed by atoms with Gasteiger partial charge < -0.3 is 14.8 Å². The maximum absolute atomic E-state index is 12.5. The molecule has 1 unspecified atom stereocenters. The van der Waals surface area contributed by atoms with Gasteiger partial charge in [0.25, 0.3) is 5.91 Å². The van der Waals surface area contributed by atoms with E-state index in [1.807, 2.05) is 37.3 Å². The van der Waals surface area contributed by atoms with Crippen LogP contribution >= 0.6 is 0 Å². The molecule has 0 saturated heterocycles. The van der Waals surface area contributed by atoms with Crippen LogP contribution in [0.3, 0.4) is 0 Å². The van der Waals surface area contributed by atoms with Crippen molar-refractivity contribution < 1.29 is 14.3 Å². The number of ether oxygens (including phenoxy) is 2. The molecule has 2 rings (SSSR count). The maximum Gasteiger partial charge on any atom is 0.262 e. The molecule has 0 fully saturated rings. The number of hydrogen-bond donors (Lipinski definition) is 1. The molecule has 1 amide bonds. The van der Waals surface area contributed by atoms with Gasteiger partial charge in [-0.3, -0.25) is 4.79 Å². The molecule has 4 nitrogen and oxygen atoms in total. The summed E-state index contributed by atoms with van der Waals surface area (Å²) in [6.45, 7) is 17.1. The van der Waals surface area contributed by atoms with Gasteiger partial charge in [0.05, 0.1) is 6.10 Å². The van der Waals surface area contributed by atoms with Crippen LogP contribution in [-0.2, 0) is 15.6 Å². The number of anilines is 1. The van der Waals surface area contributed by atoms with E-state index in [9.17, 15) is 4.79 Å². The zero-order chi connectivity index (χ0) is 22.5. The van der Waals surface area contributed by atoms with Crippen molar-refractivity contribution >= 4 is 11.6 Å². The van der Waals surface area contributed by atoms with E-state index >= 15 is 0 Å². The molecule has 0 aliphatic rings. The Kier molecular flexibility index (Phi) is 7.57. The highest BCUT2D eigenvalue weighted by atomic mass is 16.5. The summed E-state index contributed by atoms with van der Waals surface area (Å²) in [7, 11) is 0. The third kappa shape index (κ3) is 6.79.